The van der Waals surface area contributed by atoms with Crippen LogP contribution in [-0.2, 0) is 14.3 Å². The molecule has 10 atom stereocenters. The number of likely N-dealkylation sites (tertiary alicyclic amines) is 2. The van der Waals surface area contributed by atoms with Crippen molar-refractivity contribution in [3.63, 3.8) is 0 Å². The lowest BCUT2D eigenvalue weighted by Crippen LogP contribution is -2.71. The summed E-state index contributed by atoms with van der Waals surface area (Å²) in [6, 6.07) is 1.34. The van der Waals surface area contributed by atoms with E-state index in [-0.39, 0.29) is 35.9 Å². The summed E-state index contributed by atoms with van der Waals surface area (Å²) in [6.45, 7) is 7.15. The summed E-state index contributed by atoms with van der Waals surface area (Å²) >= 11 is 0. The Morgan fingerprint density at radius 2 is 1.73 bits per heavy atom. The van der Waals surface area contributed by atoms with E-state index < -0.39 is 0 Å². The van der Waals surface area contributed by atoms with E-state index in [0.717, 1.165) is 82.7 Å². The second-order valence-electron chi connectivity index (χ2n) is 14.8. The molecule has 5 aliphatic heterocycles. The number of piperidine rings is 1. The normalized spacial score (nSPS) is 44.4. The molecule has 226 valence electrons. The van der Waals surface area contributed by atoms with Crippen molar-refractivity contribution < 1.29 is 14.3 Å². The van der Waals surface area contributed by atoms with Crippen molar-refractivity contribution >= 4 is 11.7 Å². The Morgan fingerprint density at radius 1 is 0.927 bits per heavy atom. The Labute approximate surface area is 245 Å². The fraction of sp³-hybridized carbons (Fsp3) is 0.879. The van der Waals surface area contributed by atoms with Crippen LogP contribution in [0.4, 0.5) is 0 Å². The molecule has 5 heterocycles. The van der Waals surface area contributed by atoms with Gasteiger partial charge in [0.1, 0.15) is 0 Å². The highest BCUT2D eigenvalue weighted by atomic mass is 16.5. The zero-order valence-corrected chi connectivity index (χ0v) is 24.9. The molecule has 3 aliphatic carbocycles. The quantitative estimate of drug-likeness (QED) is 0.496. The second kappa shape index (κ2) is 11.2. The minimum atomic E-state index is -0.157. The van der Waals surface area contributed by atoms with Crippen molar-refractivity contribution in [1.29, 1.82) is 0 Å². The van der Waals surface area contributed by atoms with Crippen LogP contribution in [0.25, 0.3) is 0 Å². The van der Waals surface area contributed by atoms with Crippen LogP contribution < -0.4 is 10.6 Å². The molecule has 2 N–H and O–H groups in total. The molecule has 0 radical (unpaired) electrons. The van der Waals surface area contributed by atoms with Crippen LogP contribution in [0, 0.1) is 23.7 Å². The van der Waals surface area contributed by atoms with E-state index in [0.29, 0.717) is 30.2 Å². The molecule has 8 aliphatic rings. The van der Waals surface area contributed by atoms with E-state index in [1.807, 2.05) is 6.20 Å². The Kier molecular flexibility index (Phi) is 7.42. The van der Waals surface area contributed by atoms with Crippen molar-refractivity contribution in [3.8, 4) is 0 Å². The van der Waals surface area contributed by atoms with Crippen LogP contribution in [0.3, 0.4) is 0 Å². The fourth-order valence-corrected chi connectivity index (χ4v) is 10.6. The zero-order chi connectivity index (χ0) is 27.5. The van der Waals surface area contributed by atoms with Crippen LogP contribution >= 0.6 is 0 Å². The van der Waals surface area contributed by atoms with E-state index in [9.17, 15) is 9.59 Å². The van der Waals surface area contributed by atoms with Crippen molar-refractivity contribution in [2.24, 2.45) is 23.7 Å². The number of ketones is 1. The maximum atomic E-state index is 14.0. The summed E-state index contributed by atoms with van der Waals surface area (Å²) in [5, 5.41) is 6.93. The molecule has 8 nitrogen and oxygen atoms in total. The third-order valence-electron chi connectivity index (χ3n) is 12.7. The molecular formula is C33H51N5O3. The number of ether oxygens (including phenoxy) is 1. The van der Waals surface area contributed by atoms with Crippen molar-refractivity contribution in [3.05, 3.63) is 11.8 Å². The predicted molar refractivity (Wildman–Crippen MR) is 157 cm³/mol. The molecule has 4 saturated heterocycles. The van der Waals surface area contributed by atoms with Gasteiger partial charge in [0.2, 0.25) is 0 Å². The molecule has 0 bridgehead atoms. The van der Waals surface area contributed by atoms with Gasteiger partial charge in [-0.1, -0.05) is 25.7 Å². The molecule has 10 unspecified atom stereocenters. The van der Waals surface area contributed by atoms with E-state index in [1.165, 1.54) is 51.4 Å². The lowest BCUT2D eigenvalue weighted by atomic mass is 9.65. The number of nitrogens with one attached hydrogen (secondary N) is 2. The Balaban J connectivity index is 1.06. The van der Waals surface area contributed by atoms with Crippen molar-refractivity contribution in [1.82, 2.24) is 25.3 Å². The summed E-state index contributed by atoms with van der Waals surface area (Å²) in [6.07, 6.45) is 17.0. The van der Waals surface area contributed by atoms with Crippen LogP contribution in [-0.4, -0.2) is 109 Å². The summed E-state index contributed by atoms with van der Waals surface area (Å²) in [7, 11) is 0. The number of Topliss-reactive ketones (excluding diaryl/α,β-unsaturated/α-hetero) is 1. The molecule has 0 spiro atoms. The van der Waals surface area contributed by atoms with Gasteiger partial charge in [0.15, 0.2) is 5.78 Å². The van der Waals surface area contributed by atoms with Crippen molar-refractivity contribution in [2.45, 2.75) is 113 Å². The van der Waals surface area contributed by atoms with Gasteiger partial charge in [-0.15, -0.1) is 0 Å². The molecule has 7 fully saturated rings. The third kappa shape index (κ3) is 4.89. The number of hydrogen-bond donors (Lipinski definition) is 2. The first kappa shape index (κ1) is 27.1. The van der Waals surface area contributed by atoms with E-state index in [1.54, 1.807) is 0 Å². The number of hydrogen-bond acceptors (Lipinski definition) is 7. The number of morpholine rings is 1. The maximum Gasteiger partial charge on any atom is 0.256 e. The number of nitrogens with zero attached hydrogens (tertiary/aromatic N) is 3. The maximum absolute atomic E-state index is 14.0. The molecular weight excluding hydrogens is 514 g/mol. The summed E-state index contributed by atoms with van der Waals surface area (Å²) in [4.78, 5) is 35.2. The van der Waals surface area contributed by atoms with E-state index in [4.69, 9.17) is 4.74 Å². The highest BCUT2D eigenvalue weighted by Crippen LogP contribution is 2.50. The molecule has 8 heteroatoms. The number of fused-ring (bicyclic) bond motifs is 4. The van der Waals surface area contributed by atoms with Gasteiger partial charge in [-0.25, -0.2) is 0 Å². The van der Waals surface area contributed by atoms with Gasteiger partial charge in [-0.05, 0) is 88.8 Å². The molecule has 0 aromatic heterocycles. The summed E-state index contributed by atoms with van der Waals surface area (Å²) in [5.74, 6) is 2.07. The van der Waals surface area contributed by atoms with Crippen LogP contribution in [0.2, 0.25) is 0 Å². The zero-order valence-electron chi connectivity index (χ0n) is 24.9. The average molecular weight is 566 g/mol. The number of rotatable bonds is 5. The molecule has 1 amide bonds. The van der Waals surface area contributed by atoms with E-state index >= 15 is 0 Å². The number of amides is 1. The van der Waals surface area contributed by atoms with E-state index in [2.05, 4.69) is 25.3 Å². The largest absolute Gasteiger partial charge is 0.369 e. The molecule has 0 aromatic carbocycles. The third-order valence-corrected chi connectivity index (χ3v) is 12.7. The SMILES string of the molecule is O=C(NCCN1CCCC1)C1=CN2C3CC4CCCCC4CC3OC3C(N4CC5CCCNC5C4)CCC(C1=O)C32. The Morgan fingerprint density at radius 3 is 2.56 bits per heavy atom. The lowest BCUT2D eigenvalue weighted by Gasteiger charge is -2.61. The minimum absolute atomic E-state index is 0.0512. The standard InChI is InChI=1S/C33H51N5O3/c39-31-24-9-10-27(37-18-23-8-5-11-34-26(23)20-37)32-30(24)38(19-25(31)33(40)35-12-15-36-13-3-4-14-36)28-16-21-6-1-2-7-22(21)17-29(28)41-32/h19,21-24,26-30,32,34H,1-18,20H2,(H,35,40). The Hall–Kier alpha value is -1.48. The van der Waals surface area contributed by atoms with Gasteiger partial charge in [0, 0.05) is 50.4 Å². The lowest BCUT2D eigenvalue weighted by molar-refractivity contribution is -0.210. The van der Waals surface area contributed by atoms with Crippen molar-refractivity contribution in [2.75, 3.05) is 45.8 Å². The average Bonchev–Trinajstić information content (AvgIpc) is 3.67. The molecule has 3 saturated carbocycles. The highest BCUT2D eigenvalue weighted by molar-refractivity contribution is 6.20. The van der Waals surface area contributed by atoms with Gasteiger partial charge in [0.05, 0.1) is 29.9 Å². The molecule has 41 heavy (non-hydrogen) atoms. The van der Waals surface area contributed by atoms with Gasteiger partial charge in [0.25, 0.3) is 5.91 Å². The topological polar surface area (TPSA) is 77.2 Å². The molecule has 8 rings (SSSR count). The van der Waals surface area contributed by atoms with Gasteiger partial charge in [-0.2, -0.15) is 0 Å². The van der Waals surface area contributed by atoms with Crippen LogP contribution in [0.1, 0.15) is 77.0 Å². The number of carbonyl (C=O) groups excluding carboxylic acids is 2. The molecule has 0 aromatic rings. The van der Waals surface area contributed by atoms with Gasteiger partial charge < -0.3 is 25.2 Å². The monoisotopic (exact) mass is 565 g/mol. The summed E-state index contributed by atoms with van der Waals surface area (Å²) in [5.41, 5.74) is 0.410. The highest BCUT2D eigenvalue weighted by Gasteiger charge is 2.58. The first-order valence-electron chi connectivity index (χ1n) is 17.3. The second-order valence-corrected chi connectivity index (χ2v) is 14.8. The van der Waals surface area contributed by atoms with Crippen LogP contribution in [0.5, 0.6) is 0 Å². The first-order chi connectivity index (χ1) is 20.1. The smallest absolute Gasteiger partial charge is 0.256 e. The van der Waals surface area contributed by atoms with Gasteiger partial charge in [-0.3, -0.25) is 14.5 Å². The first-order valence-corrected chi connectivity index (χ1v) is 17.3. The van der Waals surface area contributed by atoms with Crippen LogP contribution in [0.15, 0.2) is 11.8 Å². The predicted octanol–water partition coefficient (Wildman–Crippen LogP) is 2.53. The fourth-order valence-electron chi connectivity index (χ4n) is 10.6. The van der Waals surface area contributed by atoms with Gasteiger partial charge >= 0.3 is 0 Å². The Bertz CT molecular complexity index is 1030. The number of carbonyl (C=O) groups is 2. The minimum Gasteiger partial charge on any atom is -0.369 e. The summed E-state index contributed by atoms with van der Waals surface area (Å²) < 4.78 is 7.23.